The van der Waals surface area contributed by atoms with E-state index in [1.54, 1.807) is 39.9 Å². The molecular weight excluding hydrogens is 240 g/mol. The third-order valence-electron chi connectivity index (χ3n) is 2.50. The fraction of sp³-hybridized carbons (Fsp3) is 0.100. The minimum absolute atomic E-state index is 0.155. The monoisotopic (exact) mass is 248 g/mol. The summed E-state index contributed by atoms with van der Waals surface area (Å²) in [5.74, 6) is 0.108. The molecule has 0 amide bonds. The zero-order valence-electron chi connectivity index (χ0n) is 8.86. The second-order valence-electron chi connectivity index (χ2n) is 3.49. The molecule has 7 heteroatoms. The molecular formula is C10H8N4O2S. The van der Waals surface area contributed by atoms with Gasteiger partial charge < -0.3 is 5.11 Å². The van der Waals surface area contributed by atoms with Gasteiger partial charge in [0.25, 0.3) is 0 Å². The molecule has 6 nitrogen and oxygen atoms in total. The van der Waals surface area contributed by atoms with Crippen LogP contribution in [-0.2, 0) is 0 Å². The highest BCUT2D eigenvalue weighted by Crippen LogP contribution is 2.21. The number of fused-ring (bicyclic) bond motifs is 1. The van der Waals surface area contributed by atoms with Crippen LogP contribution >= 0.6 is 11.3 Å². The number of hydrogen-bond acceptors (Lipinski definition) is 4. The van der Waals surface area contributed by atoms with Gasteiger partial charge in [-0.3, -0.25) is 8.97 Å². The second-order valence-corrected chi connectivity index (χ2v) is 4.36. The van der Waals surface area contributed by atoms with Gasteiger partial charge in [0.05, 0.1) is 0 Å². The lowest BCUT2D eigenvalue weighted by Gasteiger charge is -2.01. The van der Waals surface area contributed by atoms with Gasteiger partial charge in [-0.15, -0.1) is 11.3 Å². The lowest BCUT2D eigenvalue weighted by atomic mass is 10.4. The van der Waals surface area contributed by atoms with E-state index in [-0.39, 0.29) is 5.69 Å². The molecule has 3 aromatic rings. The first-order chi connectivity index (χ1) is 8.18. The van der Waals surface area contributed by atoms with E-state index in [9.17, 15) is 9.90 Å². The third-order valence-corrected chi connectivity index (χ3v) is 3.26. The number of aromatic carboxylic acids is 1. The van der Waals surface area contributed by atoms with Gasteiger partial charge in [0.2, 0.25) is 0 Å². The van der Waals surface area contributed by atoms with Gasteiger partial charge >= 0.3 is 5.97 Å². The minimum Gasteiger partial charge on any atom is -0.476 e. The lowest BCUT2D eigenvalue weighted by Crippen LogP contribution is -2.07. The summed E-state index contributed by atoms with van der Waals surface area (Å²) in [5.41, 5.74) is 0.155. The minimum atomic E-state index is -1.00. The van der Waals surface area contributed by atoms with E-state index < -0.39 is 5.97 Å². The van der Waals surface area contributed by atoms with E-state index >= 15 is 0 Å². The molecule has 0 bridgehead atoms. The van der Waals surface area contributed by atoms with Crippen LogP contribution in [0.5, 0.6) is 0 Å². The van der Waals surface area contributed by atoms with Crippen molar-refractivity contribution in [3.05, 3.63) is 35.5 Å². The fourth-order valence-electron chi connectivity index (χ4n) is 1.74. The van der Waals surface area contributed by atoms with Crippen molar-refractivity contribution in [1.29, 1.82) is 0 Å². The quantitative estimate of drug-likeness (QED) is 0.747. The summed E-state index contributed by atoms with van der Waals surface area (Å²) < 4.78 is 3.24. The molecule has 86 valence electrons. The van der Waals surface area contributed by atoms with Gasteiger partial charge in [-0.05, 0) is 6.92 Å². The van der Waals surface area contributed by atoms with Crippen molar-refractivity contribution in [2.75, 3.05) is 0 Å². The molecule has 1 N–H and O–H groups in total. The molecule has 3 rings (SSSR count). The number of carboxylic acids is 1. The van der Waals surface area contributed by atoms with Gasteiger partial charge in [-0.25, -0.2) is 9.78 Å². The number of carboxylic acid groups (broad SMARTS) is 1. The third kappa shape index (κ3) is 1.36. The molecule has 3 aromatic heterocycles. The molecule has 0 aromatic carbocycles. The Kier molecular flexibility index (Phi) is 2.02. The van der Waals surface area contributed by atoms with Gasteiger partial charge in [-0.2, -0.15) is 4.98 Å². The Morgan fingerprint density at radius 3 is 2.94 bits per heavy atom. The Balaban J connectivity index is 2.36. The number of aromatic nitrogens is 4. The van der Waals surface area contributed by atoms with Crippen molar-refractivity contribution in [2.45, 2.75) is 6.92 Å². The van der Waals surface area contributed by atoms with E-state index in [1.807, 2.05) is 0 Å². The highest BCUT2D eigenvalue weighted by atomic mass is 32.1. The smallest absolute Gasteiger partial charge is 0.356 e. The zero-order chi connectivity index (χ0) is 12.0. The molecule has 0 radical (unpaired) electrons. The fourth-order valence-corrected chi connectivity index (χ4v) is 2.45. The maximum atomic E-state index is 11.3. The van der Waals surface area contributed by atoms with Crippen LogP contribution in [0.1, 0.15) is 16.3 Å². The van der Waals surface area contributed by atoms with Crippen LogP contribution in [0, 0.1) is 6.92 Å². The second kappa shape index (κ2) is 3.42. The molecule has 0 saturated heterocycles. The molecule has 0 atom stereocenters. The first kappa shape index (κ1) is 10.0. The summed E-state index contributed by atoms with van der Waals surface area (Å²) in [6, 6.07) is 0. The van der Waals surface area contributed by atoms with Crippen LogP contribution < -0.4 is 0 Å². The highest BCUT2D eigenvalue weighted by molar-refractivity contribution is 7.15. The average Bonchev–Trinajstić information content (AvgIpc) is 2.89. The Labute approximate surface area is 99.8 Å². The average molecular weight is 248 g/mol. The van der Waals surface area contributed by atoms with Crippen molar-refractivity contribution >= 4 is 22.3 Å². The first-order valence-corrected chi connectivity index (χ1v) is 5.75. The highest BCUT2D eigenvalue weighted by Gasteiger charge is 2.21. The van der Waals surface area contributed by atoms with Crippen LogP contribution in [0.3, 0.4) is 0 Å². The number of hydrogen-bond donors (Lipinski definition) is 1. The van der Waals surface area contributed by atoms with Crippen LogP contribution in [-0.4, -0.2) is 30.0 Å². The SMILES string of the molecule is Cc1nccn1-c1nc2sccn2c1C(=O)O. The van der Waals surface area contributed by atoms with E-state index in [0.717, 1.165) is 0 Å². The maximum Gasteiger partial charge on any atom is 0.356 e. The predicted octanol–water partition coefficient (Wildman–Crippen LogP) is 1.59. The van der Waals surface area contributed by atoms with Crippen molar-refractivity contribution in [2.24, 2.45) is 0 Å². The van der Waals surface area contributed by atoms with Crippen LogP contribution in [0.15, 0.2) is 24.0 Å². The van der Waals surface area contributed by atoms with Crippen LogP contribution in [0.2, 0.25) is 0 Å². The van der Waals surface area contributed by atoms with Gasteiger partial charge in [0.1, 0.15) is 5.82 Å². The Morgan fingerprint density at radius 2 is 2.29 bits per heavy atom. The summed E-state index contributed by atoms with van der Waals surface area (Å²) in [7, 11) is 0. The largest absolute Gasteiger partial charge is 0.476 e. The van der Waals surface area contributed by atoms with Crippen molar-refractivity contribution < 1.29 is 9.90 Å². The van der Waals surface area contributed by atoms with Crippen LogP contribution in [0.25, 0.3) is 10.8 Å². The number of rotatable bonds is 2. The first-order valence-electron chi connectivity index (χ1n) is 4.87. The lowest BCUT2D eigenvalue weighted by molar-refractivity contribution is 0.0689. The standard InChI is InChI=1S/C10H8N4O2S/c1-6-11-2-3-13(6)8-7(9(15)16)14-4-5-17-10(14)12-8/h2-5H,1H3,(H,15,16). The predicted molar refractivity (Wildman–Crippen MR) is 61.9 cm³/mol. The molecule has 0 spiro atoms. The molecule has 3 heterocycles. The Morgan fingerprint density at radius 1 is 1.47 bits per heavy atom. The number of nitrogens with zero attached hydrogens (tertiary/aromatic N) is 4. The van der Waals surface area contributed by atoms with Gasteiger partial charge in [0, 0.05) is 24.0 Å². The van der Waals surface area contributed by atoms with E-state index in [2.05, 4.69) is 9.97 Å². The molecule has 0 saturated carbocycles. The summed E-state index contributed by atoms with van der Waals surface area (Å²) in [6.45, 7) is 1.80. The molecule has 0 aliphatic carbocycles. The molecule has 17 heavy (non-hydrogen) atoms. The number of carbonyl (C=O) groups is 1. The topological polar surface area (TPSA) is 72.4 Å². The van der Waals surface area contributed by atoms with Crippen LogP contribution in [0.4, 0.5) is 0 Å². The molecule has 0 unspecified atom stereocenters. The normalized spacial score (nSPS) is 11.1. The Bertz CT molecular complexity index is 709. The van der Waals surface area contributed by atoms with Crippen molar-refractivity contribution in [3.8, 4) is 5.82 Å². The molecule has 0 aliphatic rings. The molecule has 0 fully saturated rings. The Hall–Kier alpha value is -2.15. The number of imidazole rings is 2. The molecule has 0 aliphatic heterocycles. The van der Waals surface area contributed by atoms with E-state index in [0.29, 0.717) is 16.6 Å². The summed E-state index contributed by atoms with van der Waals surface area (Å²) in [5, 5.41) is 11.1. The van der Waals surface area contributed by atoms with E-state index in [4.69, 9.17) is 0 Å². The number of aryl methyl sites for hydroxylation is 1. The summed E-state index contributed by atoms with van der Waals surface area (Å²) in [6.07, 6.45) is 5.02. The maximum absolute atomic E-state index is 11.3. The van der Waals surface area contributed by atoms with Crippen molar-refractivity contribution in [1.82, 2.24) is 18.9 Å². The van der Waals surface area contributed by atoms with Gasteiger partial charge in [-0.1, -0.05) is 0 Å². The van der Waals surface area contributed by atoms with Gasteiger partial charge in [0.15, 0.2) is 16.5 Å². The van der Waals surface area contributed by atoms with Crippen molar-refractivity contribution in [3.63, 3.8) is 0 Å². The van der Waals surface area contributed by atoms with E-state index in [1.165, 1.54) is 11.3 Å². The number of thiazole rings is 1. The zero-order valence-corrected chi connectivity index (χ0v) is 9.68. The summed E-state index contributed by atoms with van der Waals surface area (Å²) in [4.78, 5) is 20.4. The summed E-state index contributed by atoms with van der Waals surface area (Å²) >= 11 is 1.40.